The second-order valence-corrected chi connectivity index (χ2v) is 24.6. The normalized spacial score (nSPS) is 10.8. The molecule has 0 bridgehead atoms. The van der Waals surface area contributed by atoms with E-state index in [1.807, 2.05) is 119 Å². The first-order chi connectivity index (χ1) is 43.9. The number of carboxylic acid groups (broad SMARTS) is 1. The standard InChI is InChI=1S/C17H22N2O4.C17H20N2O4.C15H18N2O4.C10H9BrN2O2.C7H12O2.2CH4.Li.H3N2O/c2*1-5-22-16(21)13-10-18-14-8-6-12(11-19(13)14)7-9-15(20)23-17(2,3)4;1-15(2,3)21-13(18)7-5-10-4-6-12-16-8-11(14(19)20)17(12)9-10;1-2-15-10(14)8-5-12-9-4-3-7(11)6-13(8)9;1-5-6(8)9-7(2,3)4;;;;1-2-3/h6,8,10-11H,5,7,9H2,1-4H3;6-11H,5H2,1-4H3;4,6,8-9H,5,7H2,1-3H3,(H,19,20);3-6H,2H2,1H3;5H,1H2,2-4H3;2*1H4;;3H,1H2/q;;;;;;;+1;-1/b;9-7+;;;;;;;. The predicted octanol–water partition coefficient (Wildman–Crippen LogP) is 9.64. The van der Waals surface area contributed by atoms with Gasteiger partial charge in [0.2, 0.25) is 0 Å². The molecule has 0 atom stereocenters. The third-order valence-corrected chi connectivity index (χ3v) is 11.7. The summed E-state index contributed by atoms with van der Waals surface area (Å²) in [6, 6.07) is 14.5. The summed E-state index contributed by atoms with van der Waals surface area (Å²) in [6.07, 6.45) is 18.5. The molecule has 97 heavy (non-hydrogen) atoms. The average Bonchev–Trinajstić information content (AvgIpc) is 1.72. The largest absolute Gasteiger partial charge is 1.00 e. The summed E-state index contributed by atoms with van der Waals surface area (Å²) in [5.74, 6) is 0.476. The van der Waals surface area contributed by atoms with Crippen molar-refractivity contribution < 1.29 is 101 Å². The number of esters is 7. The van der Waals surface area contributed by atoms with Crippen molar-refractivity contribution in [2.45, 2.75) is 167 Å². The summed E-state index contributed by atoms with van der Waals surface area (Å²) in [4.78, 5) is 108. The predicted molar refractivity (Wildman–Crippen MR) is 365 cm³/mol. The Hall–Kier alpha value is -9.04. The average molecular weight is 1410 g/mol. The van der Waals surface area contributed by atoms with E-state index in [-0.39, 0.29) is 76.1 Å². The van der Waals surface area contributed by atoms with E-state index in [0.717, 1.165) is 32.9 Å². The third-order valence-electron chi connectivity index (χ3n) is 11.3. The number of hydrogen-bond donors (Lipinski definition) is 3. The summed E-state index contributed by atoms with van der Waals surface area (Å²) in [6.45, 7) is 31.4. The van der Waals surface area contributed by atoms with Crippen LogP contribution in [0.25, 0.3) is 34.3 Å². The first-order valence-corrected chi connectivity index (χ1v) is 30.3. The van der Waals surface area contributed by atoms with Crippen LogP contribution in [0.15, 0.2) is 121 Å². The minimum absolute atomic E-state index is 0. The van der Waals surface area contributed by atoms with Crippen LogP contribution in [0.2, 0.25) is 0 Å². The van der Waals surface area contributed by atoms with E-state index in [1.165, 1.54) is 35.3 Å². The molecule has 8 aromatic rings. The second kappa shape index (κ2) is 41.1. The van der Waals surface area contributed by atoms with E-state index < -0.39 is 46.3 Å². The van der Waals surface area contributed by atoms with Gasteiger partial charge < -0.3 is 54.9 Å². The zero-order valence-electron chi connectivity index (χ0n) is 56.6. The number of nitrogens with two attached hydrogens (primary N) is 1. The maximum absolute atomic E-state index is 11.9. The summed E-state index contributed by atoms with van der Waals surface area (Å²) in [5, 5.41) is 16.0. The van der Waals surface area contributed by atoms with Crippen LogP contribution in [0, 0.1) is 0 Å². The van der Waals surface area contributed by atoms with Crippen LogP contribution in [0.4, 0.5) is 0 Å². The number of carbonyl (C=O) groups is 8. The first kappa shape index (κ1) is 88.0. The van der Waals surface area contributed by atoms with E-state index in [1.54, 1.807) is 83.0 Å². The van der Waals surface area contributed by atoms with Crippen LogP contribution in [0.1, 0.15) is 190 Å². The molecule has 0 aliphatic carbocycles. The number of aryl methyl sites for hydroxylation is 2. The van der Waals surface area contributed by atoms with Gasteiger partial charge in [-0.1, -0.05) is 33.6 Å². The van der Waals surface area contributed by atoms with Crippen LogP contribution >= 0.6 is 15.9 Å². The molecule has 29 heteroatoms. The fourth-order valence-corrected chi connectivity index (χ4v) is 8.08. The van der Waals surface area contributed by atoms with Crippen molar-refractivity contribution in [1.82, 2.24) is 37.5 Å². The number of carboxylic acids is 1. The smallest absolute Gasteiger partial charge is 0.488 e. The van der Waals surface area contributed by atoms with Gasteiger partial charge in [0.15, 0.2) is 22.8 Å². The number of imidazole rings is 4. The van der Waals surface area contributed by atoms with Crippen molar-refractivity contribution in [2.75, 3.05) is 19.8 Å². The number of carbonyl (C=O) groups excluding carboxylic acids is 7. The fourth-order valence-electron chi connectivity index (χ4n) is 7.74. The molecule has 8 aromatic heterocycles. The van der Waals surface area contributed by atoms with Crippen LogP contribution in [-0.4, -0.2) is 138 Å². The summed E-state index contributed by atoms with van der Waals surface area (Å²) in [7, 11) is 0. The van der Waals surface area contributed by atoms with Gasteiger partial charge in [0, 0.05) is 54.3 Å². The number of pyridine rings is 4. The van der Waals surface area contributed by atoms with Crippen molar-refractivity contribution in [3.63, 3.8) is 0 Å². The molecule has 524 valence electrons. The van der Waals surface area contributed by atoms with Crippen molar-refractivity contribution in [3.05, 3.63) is 166 Å². The molecule has 0 aromatic carbocycles. The van der Waals surface area contributed by atoms with Crippen LogP contribution in [0.5, 0.6) is 0 Å². The summed E-state index contributed by atoms with van der Waals surface area (Å²) >= 11 is 3.34. The number of halogens is 1. The molecule has 27 nitrogen and oxygen atoms in total. The molecule has 0 fully saturated rings. The Morgan fingerprint density at radius 3 is 1.18 bits per heavy atom. The molecular formula is C68H92BrLiN10O17. The molecule has 0 saturated carbocycles. The number of nitrogens with zero attached hydrogens (tertiary/aromatic N) is 9. The van der Waals surface area contributed by atoms with Crippen molar-refractivity contribution in [1.29, 1.82) is 0 Å². The number of hydrogen-bond acceptors (Lipinski definition) is 21. The van der Waals surface area contributed by atoms with Gasteiger partial charge in [-0.2, -0.15) is 0 Å². The van der Waals surface area contributed by atoms with Gasteiger partial charge in [-0.3, -0.25) is 27.2 Å². The van der Waals surface area contributed by atoms with Crippen LogP contribution < -0.4 is 24.7 Å². The monoisotopic (exact) mass is 1410 g/mol. The minimum Gasteiger partial charge on any atom is -0.488 e. The van der Waals surface area contributed by atoms with E-state index in [9.17, 15) is 38.4 Å². The van der Waals surface area contributed by atoms with E-state index in [0.29, 0.717) is 66.7 Å². The summed E-state index contributed by atoms with van der Waals surface area (Å²) < 4.78 is 42.9. The number of ether oxygens (including phenoxy) is 7. The second-order valence-electron chi connectivity index (χ2n) is 23.7. The third kappa shape index (κ3) is 31.6. The number of fused-ring (bicyclic) bond motifs is 4. The zero-order chi connectivity index (χ0) is 70.7. The SMILES string of the molecule is C.C.C=CC(=O)OC(C)(C)C.CC(C)(C)OC(=O)CCc1ccc2ncc(C(=O)O)n2c1.CCOC(=O)c1cnc2ccc(/C=C/C(=O)OC(C)(C)C)cn12.CCOC(=O)c1cnc2ccc(Br)cn12.CCOC(=O)c1cnc2ccc(CCC(=O)OC(C)(C)C)cn12.N[N-]O.[Li+]. The molecule has 4 N–H and O–H groups in total. The molecule has 0 unspecified atom stereocenters. The van der Waals surface area contributed by atoms with Crippen molar-refractivity contribution in [2.24, 2.45) is 5.84 Å². The van der Waals surface area contributed by atoms with Gasteiger partial charge in [0.25, 0.3) is 0 Å². The van der Waals surface area contributed by atoms with Crippen LogP contribution in [-0.2, 0) is 65.2 Å². The minimum atomic E-state index is -1.04. The summed E-state index contributed by atoms with van der Waals surface area (Å²) in [5.41, 5.74) is 6.44. The van der Waals surface area contributed by atoms with Gasteiger partial charge in [0.1, 0.15) is 45.0 Å². The van der Waals surface area contributed by atoms with Crippen molar-refractivity contribution >= 4 is 92.3 Å². The quantitative estimate of drug-likeness (QED) is 0.0202. The Kier molecular flexibility index (Phi) is 37.3. The maximum Gasteiger partial charge on any atom is 1.00 e. The topological polar surface area (TPSA) is 351 Å². The molecule has 8 rings (SSSR count). The van der Waals surface area contributed by atoms with Gasteiger partial charge in [-0.25, -0.2) is 48.7 Å². The van der Waals surface area contributed by atoms with Crippen molar-refractivity contribution in [3.8, 4) is 0 Å². The number of aromatic carboxylic acids is 1. The van der Waals surface area contributed by atoms with Gasteiger partial charge in [-0.05, 0) is 192 Å². The number of aromatic nitrogens is 8. The molecule has 0 spiro atoms. The first-order valence-electron chi connectivity index (χ1n) is 29.5. The van der Waals surface area contributed by atoms with Crippen LogP contribution in [0.3, 0.4) is 0 Å². The van der Waals surface area contributed by atoms with E-state index in [2.05, 4.69) is 48.3 Å². The molecule has 0 amide bonds. The Morgan fingerprint density at radius 2 is 0.835 bits per heavy atom. The molecule has 0 aliphatic heterocycles. The van der Waals surface area contributed by atoms with Gasteiger partial charge >= 0.3 is 66.6 Å². The zero-order valence-corrected chi connectivity index (χ0v) is 58.2. The van der Waals surface area contributed by atoms with E-state index >= 15 is 0 Å². The number of rotatable bonds is 16. The molecule has 0 saturated heterocycles. The van der Waals surface area contributed by atoms with E-state index in [4.69, 9.17) is 43.5 Å². The molecule has 8 heterocycles. The maximum atomic E-state index is 11.9. The van der Waals surface area contributed by atoms with Gasteiger partial charge in [0.05, 0.1) is 44.6 Å². The molecule has 0 radical (unpaired) electrons. The molecule has 0 aliphatic rings. The Balaban J connectivity index is 0.00000120. The Bertz CT molecular complexity index is 3920. The Labute approximate surface area is 586 Å². The Morgan fingerprint density at radius 1 is 0.515 bits per heavy atom. The van der Waals surface area contributed by atoms with Gasteiger partial charge in [-0.15, -0.1) is 0 Å². The molecular weight excluding hydrogens is 1320 g/mol. The fraction of sp³-hybridized carbons (Fsp3) is 0.412.